The maximum Gasteiger partial charge on any atom is 0.335 e. The lowest BCUT2D eigenvalue weighted by atomic mass is 10.1. The van der Waals surface area contributed by atoms with Gasteiger partial charge in [-0.15, -0.1) is 0 Å². The summed E-state index contributed by atoms with van der Waals surface area (Å²) in [5.41, 5.74) is 2.07. The quantitative estimate of drug-likeness (QED) is 0.570. The fourth-order valence-corrected chi connectivity index (χ4v) is 2.39. The third-order valence-electron chi connectivity index (χ3n) is 3.95. The minimum atomic E-state index is -1.00. The summed E-state index contributed by atoms with van der Waals surface area (Å²) < 4.78 is 0. The molecule has 0 saturated heterocycles. The summed E-state index contributed by atoms with van der Waals surface area (Å²) >= 11 is 0. The molecule has 2 aromatic carbocycles. The summed E-state index contributed by atoms with van der Waals surface area (Å²) in [4.78, 5) is 34.7. The summed E-state index contributed by atoms with van der Waals surface area (Å²) in [5, 5.41) is 16.9. The predicted octanol–water partition coefficient (Wildman–Crippen LogP) is 1.93. The molecule has 0 radical (unpaired) electrons. The van der Waals surface area contributed by atoms with Crippen LogP contribution in [0, 0.1) is 0 Å². The van der Waals surface area contributed by atoms with Gasteiger partial charge in [-0.25, -0.2) is 9.59 Å². The number of benzene rings is 2. The van der Waals surface area contributed by atoms with Crippen molar-refractivity contribution in [2.75, 3.05) is 6.54 Å². The Labute approximate surface area is 157 Å². The van der Waals surface area contributed by atoms with Crippen LogP contribution in [0.1, 0.15) is 28.4 Å². The molecule has 0 fully saturated rings. The molecule has 2 rings (SSSR count). The first kappa shape index (κ1) is 20.0. The van der Waals surface area contributed by atoms with Crippen molar-refractivity contribution in [2.45, 2.75) is 25.9 Å². The van der Waals surface area contributed by atoms with Gasteiger partial charge in [0.05, 0.1) is 5.56 Å². The zero-order chi connectivity index (χ0) is 19.6. The maximum atomic E-state index is 12.0. The Morgan fingerprint density at radius 1 is 0.926 bits per heavy atom. The SMILES string of the molecule is C[C@@H](NC(=O)NCc1ccc(C(=O)O)cc1)C(=O)NCCc1ccccc1. The van der Waals surface area contributed by atoms with Crippen LogP contribution in [-0.4, -0.2) is 35.6 Å². The van der Waals surface area contributed by atoms with E-state index in [-0.39, 0.29) is 18.0 Å². The number of urea groups is 1. The second-order valence-electron chi connectivity index (χ2n) is 6.08. The number of hydrogen-bond acceptors (Lipinski definition) is 3. The van der Waals surface area contributed by atoms with E-state index in [0.717, 1.165) is 17.5 Å². The Hall–Kier alpha value is -3.35. The summed E-state index contributed by atoms with van der Waals surface area (Å²) in [6.07, 6.45) is 0.720. The number of nitrogens with one attached hydrogen (secondary N) is 3. The Morgan fingerprint density at radius 2 is 1.59 bits per heavy atom. The van der Waals surface area contributed by atoms with Crippen LogP contribution >= 0.6 is 0 Å². The second-order valence-corrected chi connectivity index (χ2v) is 6.08. The Balaban J connectivity index is 1.69. The van der Waals surface area contributed by atoms with Gasteiger partial charge in [0, 0.05) is 13.1 Å². The van der Waals surface area contributed by atoms with Crippen molar-refractivity contribution in [2.24, 2.45) is 0 Å². The number of carboxylic acids is 1. The number of hydrogen-bond donors (Lipinski definition) is 4. The lowest BCUT2D eigenvalue weighted by molar-refractivity contribution is -0.122. The van der Waals surface area contributed by atoms with Gasteiger partial charge in [0.1, 0.15) is 6.04 Å². The fourth-order valence-electron chi connectivity index (χ4n) is 2.39. The Kier molecular flexibility index (Phi) is 7.37. The molecule has 142 valence electrons. The highest BCUT2D eigenvalue weighted by molar-refractivity contribution is 5.87. The standard InChI is InChI=1S/C20H23N3O4/c1-14(18(24)21-12-11-15-5-3-2-4-6-15)23-20(27)22-13-16-7-9-17(10-8-16)19(25)26/h2-10,14H,11-13H2,1H3,(H,21,24)(H,25,26)(H2,22,23,27)/t14-/m1/s1. The highest BCUT2D eigenvalue weighted by Crippen LogP contribution is 2.04. The minimum Gasteiger partial charge on any atom is -0.478 e. The second kappa shape index (κ2) is 9.96. The number of aromatic carboxylic acids is 1. The van der Waals surface area contributed by atoms with Gasteiger partial charge in [0.2, 0.25) is 5.91 Å². The number of carboxylic acid groups (broad SMARTS) is 1. The summed E-state index contributed by atoms with van der Waals surface area (Å²) in [6.45, 7) is 2.33. The van der Waals surface area contributed by atoms with Gasteiger partial charge >= 0.3 is 12.0 Å². The average molecular weight is 369 g/mol. The van der Waals surface area contributed by atoms with E-state index < -0.39 is 18.0 Å². The van der Waals surface area contributed by atoms with Crippen LogP contribution < -0.4 is 16.0 Å². The molecule has 0 aliphatic rings. The normalized spacial score (nSPS) is 11.3. The van der Waals surface area contributed by atoms with E-state index in [0.29, 0.717) is 6.54 Å². The van der Waals surface area contributed by atoms with Crippen LogP contribution in [0.5, 0.6) is 0 Å². The Morgan fingerprint density at radius 3 is 2.22 bits per heavy atom. The zero-order valence-electron chi connectivity index (χ0n) is 15.1. The molecular weight excluding hydrogens is 346 g/mol. The molecule has 3 amide bonds. The summed E-state index contributed by atoms with van der Waals surface area (Å²) in [7, 11) is 0. The molecule has 0 aliphatic heterocycles. The molecule has 0 spiro atoms. The smallest absolute Gasteiger partial charge is 0.335 e. The minimum absolute atomic E-state index is 0.184. The van der Waals surface area contributed by atoms with Crippen LogP contribution in [-0.2, 0) is 17.8 Å². The molecule has 0 bridgehead atoms. The van der Waals surface area contributed by atoms with Crippen molar-refractivity contribution in [1.29, 1.82) is 0 Å². The molecule has 0 aliphatic carbocycles. The van der Waals surface area contributed by atoms with Crippen LogP contribution in [0.2, 0.25) is 0 Å². The molecule has 0 aromatic heterocycles. The zero-order valence-corrected chi connectivity index (χ0v) is 15.1. The predicted molar refractivity (Wildman–Crippen MR) is 101 cm³/mol. The molecule has 27 heavy (non-hydrogen) atoms. The Bertz CT molecular complexity index is 776. The highest BCUT2D eigenvalue weighted by Gasteiger charge is 2.14. The van der Waals surface area contributed by atoms with Gasteiger partial charge in [-0.3, -0.25) is 4.79 Å². The molecule has 7 nitrogen and oxygen atoms in total. The largest absolute Gasteiger partial charge is 0.478 e. The maximum absolute atomic E-state index is 12.0. The van der Waals surface area contributed by atoms with E-state index in [1.807, 2.05) is 30.3 Å². The van der Waals surface area contributed by atoms with E-state index in [1.165, 1.54) is 12.1 Å². The first-order chi connectivity index (χ1) is 13.0. The van der Waals surface area contributed by atoms with Gasteiger partial charge in [0.15, 0.2) is 0 Å². The monoisotopic (exact) mass is 369 g/mol. The van der Waals surface area contributed by atoms with Crippen molar-refractivity contribution in [1.82, 2.24) is 16.0 Å². The summed E-state index contributed by atoms with van der Waals surface area (Å²) in [5.74, 6) is -1.26. The third-order valence-corrected chi connectivity index (χ3v) is 3.95. The van der Waals surface area contributed by atoms with Crippen molar-refractivity contribution in [3.05, 3.63) is 71.3 Å². The van der Waals surface area contributed by atoms with Crippen molar-refractivity contribution in [3.8, 4) is 0 Å². The van der Waals surface area contributed by atoms with Crippen molar-refractivity contribution in [3.63, 3.8) is 0 Å². The van der Waals surface area contributed by atoms with Crippen molar-refractivity contribution < 1.29 is 19.5 Å². The molecule has 4 N–H and O–H groups in total. The van der Waals surface area contributed by atoms with Gasteiger partial charge in [-0.2, -0.15) is 0 Å². The molecule has 0 unspecified atom stereocenters. The molecule has 0 heterocycles. The lowest BCUT2D eigenvalue weighted by Gasteiger charge is -2.15. The summed E-state index contributed by atoms with van der Waals surface area (Å²) in [6, 6.07) is 14.9. The molecule has 7 heteroatoms. The molecular formula is C20H23N3O4. The first-order valence-corrected chi connectivity index (χ1v) is 8.64. The van der Waals surface area contributed by atoms with Crippen LogP contribution in [0.15, 0.2) is 54.6 Å². The van der Waals surface area contributed by atoms with Crippen LogP contribution in [0.25, 0.3) is 0 Å². The van der Waals surface area contributed by atoms with E-state index in [9.17, 15) is 14.4 Å². The number of carbonyl (C=O) groups is 3. The number of carbonyl (C=O) groups excluding carboxylic acids is 2. The molecule has 1 atom stereocenters. The lowest BCUT2D eigenvalue weighted by Crippen LogP contribution is -2.48. The average Bonchev–Trinajstić information content (AvgIpc) is 2.67. The van der Waals surface area contributed by atoms with E-state index in [4.69, 9.17) is 5.11 Å². The molecule has 0 saturated carbocycles. The fraction of sp³-hybridized carbons (Fsp3) is 0.250. The van der Waals surface area contributed by atoms with Gasteiger partial charge in [-0.1, -0.05) is 42.5 Å². The van der Waals surface area contributed by atoms with Crippen LogP contribution in [0.3, 0.4) is 0 Å². The van der Waals surface area contributed by atoms with E-state index in [2.05, 4.69) is 16.0 Å². The van der Waals surface area contributed by atoms with Gasteiger partial charge < -0.3 is 21.1 Å². The third kappa shape index (κ3) is 6.81. The van der Waals surface area contributed by atoms with Crippen LogP contribution in [0.4, 0.5) is 4.79 Å². The van der Waals surface area contributed by atoms with E-state index in [1.54, 1.807) is 19.1 Å². The van der Waals surface area contributed by atoms with Crippen molar-refractivity contribution >= 4 is 17.9 Å². The van der Waals surface area contributed by atoms with E-state index >= 15 is 0 Å². The molecule has 2 aromatic rings. The number of amides is 3. The highest BCUT2D eigenvalue weighted by atomic mass is 16.4. The number of rotatable bonds is 8. The van der Waals surface area contributed by atoms with Gasteiger partial charge in [0.25, 0.3) is 0 Å². The topological polar surface area (TPSA) is 108 Å². The van der Waals surface area contributed by atoms with Gasteiger partial charge in [-0.05, 0) is 36.6 Å². The first-order valence-electron chi connectivity index (χ1n) is 8.64.